The Morgan fingerprint density at radius 2 is 1.93 bits per heavy atom. The summed E-state index contributed by atoms with van der Waals surface area (Å²) in [4.78, 5) is 17.5. The highest BCUT2D eigenvalue weighted by molar-refractivity contribution is 6.06. The van der Waals surface area contributed by atoms with Gasteiger partial charge in [-0.25, -0.2) is 9.67 Å². The fourth-order valence-electron chi connectivity index (χ4n) is 3.88. The van der Waals surface area contributed by atoms with Gasteiger partial charge >= 0.3 is 0 Å². The van der Waals surface area contributed by atoms with Crippen molar-refractivity contribution in [3.05, 3.63) is 53.9 Å². The van der Waals surface area contributed by atoms with Gasteiger partial charge in [0, 0.05) is 25.3 Å². The summed E-state index contributed by atoms with van der Waals surface area (Å²) >= 11 is 0. The fourth-order valence-corrected chi connectivity index (χ4v) is 3.88. The van der Waals surface area contributed by atoms with Crippen LogP contribution in [0.1, 0.15) is 48.5 Å². The van der Waals surface area contributed by atoms with E-state index in [1.807, 2.05) is 41.9 Å². The number of hydrogen-bond donors (Lipinski definition) is 3. The molecule has 1 aromatic carbocycles. The Balaban J connectivity index is 1.62. The smallest absolute Gasteiger partial charge is 0.255 e. The Labute approximate surface area is 170 Å². The summed E-state index contributed by atoms with van der Waals surface area (Å²) in [6.07, 6.45) is 6.49. The highest BCUT2D eigenvalue weighted by Crippen LogP contribution is 2.30. The molecule has 2 heterocycles. The van der Waals surface area contributed by atoms with Crippen LogP contribution in [0, 0.1) is 0 Å². The molecule has 0 unspecified atom stereocenters. The highest BCUT2D eigenvalue weighted by Gasteiger charge is 2.24. The summed E-state index contributed by atoms with van der Waals surface area (Å²) in [5.41, 5.74) is 3.12. The van der Waals surface area contributed by atoms with Crippen LogP contribution in [0.5, 0.6) is 0 Å². The van der Waals surface area contributed by atoms with Gasteiger partial charge < -0.3 is 15.7 Å². The van der Waals surface area contributed by atoms with Crippen LogP contribution in [0.2, 0.25) is 0 Å². The predicted molar refractivity (Wildman–Crippen MR) is 113 cm³/mol. The van der Waals surface area contributed by atoms with E-state index in [0.29, 0.717) is 18.7 Å². The fraction of sp³-hybridized carbons (Fsp3) is 0.409. The highest BCUT2D eigenvalue weighted by atomic mass is 16.3. The summed E-state index contributed by atoms with van der Waals surface area (Å²) in [7, 11) is 0. The number of nitrogens with zero attached hydrogens (tertiary/aromatic N) is 3. The van der Waals surface area contributed by atoms with E-state index >= 15 is 0 Å². The van der Waals surface area contributed by atoms with Gasteiger partial charge in [0.25, 0.3) is 5.91 Å². The maximum atomic E-state index is 13.0. The zero-order valence-corrected chi connectivity index (χ0v) is 16.6. The van der Waals surface area contributed by atoms with Crippen LogP contribution in [0.15, 0.2) is 42.7 Å². The lowest BCUT2D eigenvalue weighted by Gasteiger charge is -2.28. The van der Waals surface area contributed by atoms with Gasteiger partial charge in [0.15, 0.2) is 5.65 Å². The van der Waals surface area contributed by atoms with Crippen LogP contribution in [0.4, 0.5) is 5.69 Å². The van der Waals surface area contributed by atoms with Gasteiger partial charge in [-0.2, -0.15) is 5.10 Å². The Bertz CT molecular complexity index is 978. The monoisotopic (exact) mass is 393 g/mol. The van der Waals surface area contributed by atoms with Crippen molar-refractivity contribution in [2.75, 3.05) is 5.32 Å². The minimum atomic E-state index is -0.220. The molecule has 4 rings (SSSR count). The summed E-state index contributed by atoms with van der Waals surface area (Å²) in [6.45, 7) is 3.19. The molecule has 7 heteroatoms. The molecule has 1 saturated carbocycles. The third-order valence-corrected chi connectivity index (χ3v) is 5.55. The minimum absolute atomic E-state index is 0.161. The van der Waals surface area contributed by atoms with Gasteiger partial charge in [0.2, 0.25) is 0 Å². The van der Waals surface area contributed by atoms with E-state index in [1.165, 1.54) is 0 Å². The zero-order chi connectivity index (χ0) is 20.2. The largest absolute Gasteiger partial charge is 0.393 e. The van der Waals surface area contributed by atoms with Crippen molar-refractivity contribution in [3.8, 4) is 0 Å². The molecular weight excluding hydrogens is 366 g/mol. The average molecular weight is 393 g/mol. The number of aliphatic hydroxyl groups is 1. The van der Waals surface area contributed by atoms with Gasteiger partial charge in [-0.1, -0.05) is 30.3 Å². The van der Waals surface area contributed by atoms with E-state index in [4.69, 9.17) is 0 Å². The van der Waals surface area contributed by atoms with Gasteiger partial charge in [-0.15, -0.1) is 0 Å². The van der Waals surface area contributed by atoms with Crippen LogP contribution in [-0.2, 0) is 13.1 Å². The van der Waals surface area contributed by atoms with Crippen molar-refractivity contribution in [2.45, 2.75) is 57.8 Å². The van der Waals surface area contributed by atoms with E-state index in [-0.39, 0.29) is 18.1 Å². The van der Waals surface area contributed by atoms with E-state index in [2.05, 4.69) is 20.7 Å². The van der Waals surface area contributed by atoms with Crippen molar-refractivity contribution in [2.24, 2.45) is 0 Å². The quantitative estimate of drug-likeness (QED) is 0.599. The van der Waals surface area contributed by atoms with Gasteiger partial charge in [-0.05, 0) is 38.2 Å². The number of aliphatic hydroxyl groups excluding tert-OH is 1. The first-order chi connectivity index (χ1) is 14.2. The molecular formula is C22H27N5O2. The third kappa shape index (κ3) is 4.24. The number of aromatic nitrogens is 3. The number of fused-ring (bicyclic) bond motifs is 1. The summed E-state index contributed by atoms with van der Waals surface area (Å²) in [5, 5.41) is 21.6. The molecule has 7 nitrogen and oxygen atoms in total. The lowest BCUT2D eigenvalue weighted by atomic mass is 9.92. The first-order valence-corrected chi connectivity index (χ1v) is 10.3. The maximum absolute atomic E-state index is 13.0. The predicted octanol–water partition coefficient (Wildman–Crippen LogP) is 3.10. The molecule has 0 radical (unpaired) electrons. The average Bonchev–Trinajstić information content (AvgIpc) is 3.18. The molecule has 0 aliphatic heterocycles. The van der Waals surface area contributed by atoms with Crippen LogP contribution in [0.25, 0.3) is 11.0 Å². The number of anilines is 1. The molecule has 1 amide bonds. The molecule has 1 aliphatic rings. The lowest BCUT2D eigenvalue weighted by Crippen LogP contribution is -2.30. The molecule has 2 aromatic heterocycles. The second-order valence-corrected chi connectivity index (χ2v) is 7.56. The molecule has 29 heavy (non-hydrogen) atoms. The molecule has 3 aromatic rings. The minimum Gasteiger partial charge on any atom is -0.393 e. The molecule has 0 atom stereocenters. The Kier molecular flexibility index (Phi) is 5.76. The molecule has 1 aliphatic carbocycles. The Hall–Kier alpha value is -2.93. The number of carbonyl (C=O) groups is 1. The topological polar surface area (TPSA) is 92.1 Å². The van der Waals surface area contributed by atoms with Crippen LogP contribution in [-0.4, -0.2) is 37.9 Å². The summed E-state index contributed by atoms with van der Waals surface area (Å²) in [6, 6.07) is 10.1. The molecule has 0 saturated heterocycles. The molecule has 152 valence electrons. The van der Waals surface area contributed by atoms with Crippen molar-refractivity contribution in [3.63, 3.8) is 0 Å². The van der Waals surface area contributed by atoms with Crippen LogP contribution < -0.4 is 10.6 Å². The zero-order valence-electron chi connectivity index (χ0n) is 16.6. The summed E-state index contributed by atoms with van der Waals surface area (Å²) in [5.74, 6) is -0.161. The van der Waals surface area contributed by atoms with E-state index in [9.17, 15) is 9.90 Å². The number of nitrogens with one attached hydrogen (secondary N) is 2. The normalized spacial score (nSPS) is 19.2. The number of benzene rings is 1. The standard InChI is InChI=1S/C22H27N5O2/c1-2-27-21-18(14-25-27)20(26-16-8-10-17(28)11-9-16)19(13-23-21)22(29)24-12-15-6-4-3-5-7-15/h3-7,13-14,16-17,28H,2,8-12H2,1H3,(H,23,26)(H,24,29). The SMILES string of the molecule is CCn1ncc2c(NC3CCC(O)CC3)c(C(=O)NCc3ccccc3)cnc21. The number of pyridine rings is 1. The second-order valence-electron chi connectivity index (χ2n) is 7.56. The molecule has 0 bridgehead atoms. The van der Waals surface area contributed by atoms with Crippen molar-refractivity contribution in [1.29, 1.82) is 0 Å². The Morgan fingerprint density at radius 1 is 1.17 bits per heavy atom. The first kappa shape index (κ1) is 19.4. The third-order valence-electron chi connectivity index (χ3n) is 5.55. The number of hydrogen-bond acceptors (Lipinski definition) is 5. The van der Waals surface area contributed by atoms with Crippen LogP contribution >= 0.6 is 0 Å². The second kappa shape index (κ2) is 8.61. The number of carbonyl (C=O) groups excluding carboxylic acids is 1. The van der Waals surface area contributed by atoms with Crippen LogP contribution in [0.3, 0.4) is 0 Å². The lowest BCUT2D eigenvalue weighted by molar-refractivity contribution is 0.0951. The van der Waals surface area contributed by atoms with Crippen molar-refractivity contribution < 1.29 is 9.90 Å². The Morgan fingerprint density at radius 3 is 2.66 bits per heavy atom. The summed E-state index contributed by atoms with van der Waals surface area (Å²) < 4.78 is 1.83. The number of amides is 1. The van der Waals surface area contributed by atoms with Gasteiger partial charge in [0.05, 0.1) is 28.9 Å². The number of aryl methyl sites for hydroxylation is 1. The van der Waals surface area contributed by atoms with Crippen molar-refractivity contribution >= 4 is 22.6 Å². The molecule has 1 fully saturated rings. The van der Waals surface area contributed by atoms with E-state index in [0.717, 1.165) is 48.0 Å². The maximum Gasteiger partial charge on any atom is 0.255 e. The molecule has 0 spiro atoms. The van der Waals surface area contributed by atoms with Crippen molar-refractivity contribution in [1.82, 2.24) is 20.1 Å². The number of rotatable bonds is 6. The van der Waals surface area contributed by atoms with Gasteiger partial charge in [-0.3, -0.25) is 4.79 Å². The molecule has 3 N–H and O–H groups in total. The van der Waals surface area contributed by atoms with Gasteiger partial charge in [0.1, 0.15) is 0 Å². The van der Waals surface area contributed by atoms with E-state index in [1.54, 1.807) is 12.4 Å². The first-order valence-electron chi connectivity index (χ1n) is 10.3. The van der Waals surface area contributed by atoms with E-state index < -0.39 is 0 Å².